The zero-order valence-corrected chi connectivity index (χ0v) is 20.2. The number of nitrogens with one attached hydrogen (secondary N) is 2. The second kappa shape index (κ2) is 10.9. The Labute approximate surface area is 205 Å². The maximum absolute atomic E-state index is 13.1. The molecule has 1 atom stereocenters. The number of hydrogen-bond donors (Lipinski definition) is 2. The second-order valence-corrected chi connectivity index (χ2v) is 10.1. The molecule has 9 heteroatoms. The lowest BCUT2D eigenvalue weighted by molar-refractivity contribution is 0.0938. The Morgan fingerprint density at radius 3 is 2.37 bits per heavy atom. The lowest BCUT2D eigenvalue weighted by atomic mass is 10.0. The maximum atomic E-state index is 13.1. The minimum Gasteiger partial charge on any atom is -0.497 e. The Morgan fingerprint density at radius 2 is 1.71 bits per heavy atom. The monoisotopic (exact) mass is 497 g/mol. The first kappa shape index (κ1) is 24.7. The molecule has 4 rings (SSSR count). The average Bonchev–Trinajstić information content (AvgIpc) is 3.39. The number of amides is 1. The molecule has 1 amide bonds. The number of likely N-dealkylation sites (tertiary alicyclic amines) is 1. The van der Waals surface area contributed by atoms with E-state index < -0.39 is 15.8 Å². The molecule has 184 valence electrons. The molecule has 0 aromatic heterocycles. The van der Waals surface area contributed by atoms with E-state index in [2.05, 4.69) is 14.9 Å². The summed E-state index contributed by atoms with van der Waals surface area (Å²) in [5, 5.41) is 3.02. The van der Waals surface area contributed by atoms with E-state index in [4.69, 9.17) is 4.74 Å². The number of hydrogen-bond acceptors (Lipinski definition) is 5. The summed E-state index contributed by atoms with van der Waals surface area (Å²) in [5.41, 5.74) is 1.80. The van der Waals surface area contributed by atoms with Gasteiger partial charge in [-0.15, -0.1) is 0 Å². The number of halogens is 1. The fourth-order valence-electron chi connectivity index (χ4n) is 4.17. The van der Waals surface area contributed by atoms with E-state index in [0.29, 0.717) is 17.8 Å². The SMILES string of the molecule is COc1cccc([C@@H](CNC(=O)c2ccc(NS(=O)(=O)c3ccc(F)cc3)cc2)N2CCCC2)c1. The molecule has 0 saturated carbocycles. The molecule has 1 aliphatic heterocycles. The first-order valence-corrected chi connectivity index (χ1v) is 12.9. The summed E-state index contributed by atoms with van der Waals surface area (Å²) >= 11 is 0. The number of benzene rings is 3. The van der Waals surface area contributed by atoms with Gasteiger partial charge in [0, 0.05) is 17.8 Å². The Hall–Kier alpha value is -3.43. The summed E-state index contributed by atoms with van der Waals surface area (Å²) in [4.78, 5) is 15.2. The standard InChI is InChI=1S/C26H28FN3O4S/c1-34-23-6-4-5-20(17-23)25(30-15-2-3-16-30)18-28-26(31)19-7-11-22(12-8-19)29-35(32,33)24-13-9-21(27)10-14-24/h4-14,17,25,29H,2-3,15-16,18H2,1H3,(H,28,31)/t25-/m1/s1. The predicted molar refractivity (Wildman–Crippen MR) is 133 cm³/mol. The van der Waals surface area contributed by atoms with Crippen LogP contribution in [-0.4, -0.2) is 46.0 Å². The highest BCUT2D eigenvalue weighted by atomic mass is 32.2. The Kier molecular flexibility index (Phi) is 7.67. The highest BCUT2D eigenvalue weighted by molar-refractivity contribution is 7.92. The van der Waals surface area contributed by atoms with Crippen molar-refractivity contribution < 1.29 is 22.3 Å². The van der Waals surface area contributed by atoms with E-state index in [-0.39, 0.29) is 16.8 Å². The van der Waals surface area contributed by atoms with Crippen molar-refractivity contribution in [2.75, 3.05) is 31.5 Å². The van der Waals surface area contributed by atoms with Gasteiger partial charge in [0.25, 0.3) is 15.9 Å². The van der Waals surface area contributed by atoms with Gasteiger partial charge in [0.15, 0.2) is 0 Å². The van der Waals surface area contributed by atoms with E-state index in [1.54, 1.807) is 19.2 Å². The van der Waals surface area contributed by atoms with Gasteiger partial charge in [-0.25, -0.2) is 12.8 Å². The molecule has 35 heavy (non-hydrogen) atoms. The molecule has 0 spiro atoms. The normalized spacial score (nSPS) is 14.9. The molecule has 0 aliphatic carbocycles. The number of carbonyl (C=O) groups excluding carboxylic acids is 1. The fraction of sp³-hybridized carbons (Fsp3) is 0.269. The molecule has 1 saturated heterocycles. The van der Waals surface area contributed by atoms with Crippen molar-refractivity contribution in [3.05, 3.63) is 89.7 Å². The van der Waals surface area contributed by atoms with Crippen LogP contribution >= 0.6 is 0 Å². The van der Waals surface area contributed by atoms with Crippen molar-refractivity contribution in [2.45, 2.75) is 23.8 Å². The van der Waals surface area contributed by atoms with E-state index in [0.717, 1.165) is 49.4 Å². The van der Waals surface area contributed by atoms with Gasteiger partial charge >= 0.3 is 0 Å². The summed E-state index contributed by atoms with van der Waals surface area (Å²) in [5.74, 6) is 0.0134. The summed E-state index contributed by atoms with van der Waals surface area (Å²) in [6.07, 6.45) is 2.26. The summed E-state index contributed by atoms with van der Waals surface area (Å²) in [7, 11) is -2.23. The molecule has 3 aromatic rings. The maximum Gasteiger partial charge on any atom is 0.261 e. The van der Waals surface area contributed by atoms with Gasteiger partial charge in [0.1, 0.15) is 11.6 Å². The van der Waals surface area contributed by atoms with Gasteiger partial charge < -0.3 is 10.1 Å². The van der Waals surface area contributed by atoms with Crippen molar-refractivity contribution in [3.8, 4) is 5.75 Å². The van der Waals surface area contributed by atoms with Crippen LogP contribution in [0.5, 0.6) is 5.75 Å². The Bertz CT molecular complexity index is 1260. The smallest absolute Gasteiger partial charge is 0.261 e. The zero-order valence-electron chi connectivity index (χ0n) is 19.4. The van der Waals surface area contributed by atoms with E-state index in [1.807, 2.05) is 24.3 Å². The van der Waals surface area contributed by atoms with Crippen molar-refractivity contribution in [1.29, 1.82) is 0 Å². The molecule has 3 aromatic carbocycles. The van der Waals surface area contributed by atoms with Crippen LogP contribution < -0.4 is 14.8 Å². The summed E-state index contributed by atoms with van der Waals surface area (Å²) < 4.78 is 45.9. The number of rotatable bonds is 9. The quantitative estimate of drug-likeness (QED) is 0.463. The number of carbonyl (C=O) groups is 1. The third-order valence-corrected chi connectivity index (χ3v) is 7.44. The highest BCUT2D eigenvalue weighted by Crippen LogP contribution is 2.27. The van der Waals surface area contributed by atoms with Crippen LogP contribution in [0.15, 0.2) is 77.7 Å². The van der Waals surface area contributed by atoms with Crippen LogP contribution in [0.4, 0.5) is 10.1 Å². The number of nitrogens with zero attached hydrogens (tertiary/aromatic N) is 1. The van der Waals surface area contributed by atoms with Crippen LogP contribution in [0.1, 0.15) is 34.8 Å². The second-order valence-electron chi connectivity index (χ2n) is 8.38. The molecule has 0 bridgehead atoms. The Balaban J connectivity index is 1.42. The number of ether oxygens (including phenoxy) is 1. The van der Waals surface area contributed by atoms with Crippen LogP contribution in [0, 0.1) is 5.82 Å². The summed E-state index contributed by atoms with van der Waals surface area (Å²) in [6, 6.07) is 18.6. The molecule has 7 nitrogen and oxygen atoms in total. The molecule has 0 radical (unpaired) electrons. The zero-order chi connectivity index (χ0) is 24.8. The molecule has 1 fully saturated rings. The average molecular weight is 498 g/mol. The predicted octanol–water partition coefficient (Wildman–Crippen LogP) is 4.20. The Morgan fingerprint density at radius 1 is 1.03 bits per heavy atom. The van der Waals surface area contributed by atoms with Gasteiger partial charge in [0.2, 0.25) is 0 Å². The molecule has 2 N–H and O–H groups in total. The minimum atomic E-state index is -3.86. The van der Waals surface area contributed by atoms with E-state index in [1.165, 1.54) is 24.3 Å². The van der Waals surface area contributed by atoms with Crippen LogP contribution in [-0.2, 0) is 10.0 Å². The lowest BCUT2D eigenvalue weighted by Gasteiger charge is -2.28. The van der Waals surface area contributed by atoms with Crippen LogP contribution in [0.3, 0.4) is 0 Å². The largest absolute Gasteiger partial charge is 0.497 e. The van der Waals surface area contributed by atoms with Gasteiger partial charge in [0.05, 0.1) is 18.0 Å². The molecule has 0 unspecified atom stereocenters. The first-order chi connectivity index (χ1) is 16.9. The van der Waals surface area contributed by atoms with Gasteiger partial charge in [-0.2, -0.15) is 0 Å². The number of anilines is 1. The van der Waals surface area contributed by atoms with Crippen LogP contribution in [0.2, 0.25) is 0 Å². The molecular weight excluding hydrogens is 469 g/mol. The van der Waals surface area contributed by atoms with E-state index in [9.17, 15) is 17.6 Å². The topological polar surface area (TPSA) is 87.7 Å². The third-order valence-electron chi connectivity index (χ3n) is 6.04. The molecule has 1 heterocycles. The number of sulfonamides is 1. The van der Waals surface area contributed by atoms with E-state index >= 15 is 0 Å². The van der Waals surface area contributed by atoms with Crippen molar-refractivity contribution in [3.63, 3.8) is 0 Å². The van der Waals surface area contributed by atoms with Gasteiger partial charge in [-0.05, 0) is 92.2 Å². The highest BCUT2D eigenvalue weighted by Gasteiger charge is 2.24. The van der Waals surface area contributed by atoms with Gasteiger partial charge in [-0.1, -0.05) is 12.1 Å². The fourth-order valence-corrected chi connectivity index (χ4v) is 5.23. The van der Waals surface area contributed by atoms with Gasteiger partial charge in [-0.3, -0.25) is 14.4 Å². The van der Waals surface area contributed by atoms with Crippen molar-refractivity contribution >= 4 is 21.6 Å². The molecule has 1 aliphatic rings. The minimum absolute atomic E-state index is 0.0262. The first-order valence-electron chi connectivity index (χ1n) is 11.4. The van der Waals surface area contributed by atoms with Crippen molar-refractivity contribution in [1.82, 2.24) is 10.2 Å². The lowest BCUT2D eigenvalue weighted by Crippen LogP contribution is -2.36. The molecular formula is C26H28FN3O4S. The van der Waals surface area contributed by atoms with Crippen LogP contribution in [0.25, 0.3) is 0 Å². The summed E-state index contributed by atoms with van der Waals surface area (Å²) in [6.45, 7) is 2.38. The third kappa shape index (κ3) is 6.17. The number of methoxy groups -OCH3 is 1. The van der Waals surface area contributed by atoms with Crippen molar-refractivity contribution in [2.24, 2.45) is 0 Å².